The average molecular weight is 354 g/mol. The van der Waals surface area contributed by atoms with Crippen LogP contribution in [0, 0.1) is 5.92 Å². The number of aliphatic carboxylic acids is 1. The summed E-state index contributed by atoms with van der Waals surface area (Å²) in [6, 6.07) is 2.18. The van der Waals surface area contributed by atoms with E-state index in [1.54, 1.807) is 13.0 Å². The van der Waals surface area contributed by atoms with E-state index < -0.39 is 22.0 Å². The van der Waals surface area contributed by atoms with Crippen LogP contribution in [0.4, 0.5) is 0 Å². The molecule has 0 amide bonds. The molecule has 1 fully saturated rings. The van der Waals surface area contributed by atoms with Gasteiger partial charge in [0.1, 0.15) is 10.3 Å². The number of carboxylic acid groups (broad SMARTS) is 1. The van der Waals surface area contributed by atoms with Gasteiger partial charge in [0.2, 0.25) is 0 Å². The van der Waals surface area contributed by atoms with Crippen LogP contribution in [-0.4, -0.2) is 36.4 Å². The molecular formula is C10H12BrNO4S2. The number of hydrogen-bond donors (Lipinski definition) is 1. The van der Waals surface area contributed by atoms with E-state index in [0.29, 0.717) is 10.2 Å². The molecule has 0 saturated carbocycles. The number of thiophene rings is 1. The van der Waals surface area contributed by atoms with Crippen LogP contribution in [0.25, 0.3) is 0 Å². The van der Waals surface area contributed by atoms with Gasteiger partial charge >= 0.3 is 5.97 Å². The van der Waals surface area contributed by atoms with Crippen molar-refractivity contribution in [3.63, 3.8) is 0 Å². The molecule has 1 saturated heterocycles. The Morgan fingerprint density at radius 2 is 2.22 bits per heavy atom. The highest BCUT2D eigenvalue weighted by molar-refractivity contribution is 9.11. The third-order valence-corrected chi connectivity index (χ3v) is 6.99. The van der Waals surface area contributed by atoms with Crippen molar-refractivity contribution in [2.24, 2.45) is 5.92 Å². The number of carbonyl (C=O) groups is 1. The fourth-order valence-electron chi connectivity index (χ4n) is 2.10. The van der Waals surface area contributed by atoms with E-state index in [4.69, 9.17) is 5.11 Å². The number of nitrogens with zero attached hydrogens (tertiary/aromatic N) is 1. The van der Waals surface area contributed by atoms with Gasteiger partial charge in [-0.3, -0.25) is 4.79 Å². The maximum atomic E-state index is 12.4. The van der Waals surface area contributed by atoms with Gasteiger partial charge in [0.05, 0.1) is 3.79 Å². The highest BCUT2D eigenvalue weighted by Crippen LogP contribution is 2.34. The number of carboxylic acids is 1. The van der Waals surface area contributed by atoms with Crippen molar-refractivity contribution in [1.29, 1.82) is 0 Å². The predicted octanol–water partition coefficient (Wildman–Crippen LogP) is 1.99. The van der Waals surface area contributed by atoms with Crippen LogP contribution < -0.4 is 0 Å². The van der Waals surface area contributed by atoms with Crippen LogP contribution in [0.2, 0.25) is 0 Å². The van der Waals surface area contributed by atoms with Crippen molar-refractivity contribution in [3.8, 4) is 0 Å². The molecule has 18 heavy (non-hydrogen) atoms. The van der Waals surface area contributed by atoms with Gasteiger partial charge < -0.3 is 5.11 Å². The first kappa shape index (κ1) is 14.0. The molecule has 2 rings (SSSR count). The summed E-state index contributed by atoms with van der Waals surface area (Å²) < 4.78 is 26.7. The van der Waals surface area contributed by atoms with Crippen molar-refractivity contribution >= 4 is 43.3 Å². The minimum atomic E-state index is -3.70. The lowest BCUT2D eigenvalue weighted by molar-refractivity contribution is -0.141. The minimum absolute atomic E-state index is 0.166. The second-order valence-electron chi connectivity index (χ2n) is 4.22. The average Bonchev–Trinajstić information content (AvgIpc) is 2.84. The smallest absolute Gasteiger partial charge is 0.322 e. The lowest BCUT2D eigenvalue weighted by atomic mass is 10.0. The van der Waals surface area contributed by atoms with E-state index in [1.165, 1.54) is 6.07 Å². The summed E-state index contributed by atoms with van der Waals surface area (Å²) in [6.07, 6.45) is 0.572. The molecule has 5 nitrogen and oxygen atoms in total. The molecule has 0 aromatic carbocycles. The molecule has 1 aromatic heterocycles. The third-order valence-electron chi connectivity index (χ3n) is 3.02. The van der Waals surface area contributed by atoms with Gasteiger partial charge in [0.15, 0.2) is 0 Å². The Labute approximate surface area is 118 Å². The molecule has 1 aromatic rings. The van der Waals surface area contributed by atoms with E-state index in [0.717, 1.165) is 15.6 Å². The summed E-state index contributed by atoms with van der Waals surface area (Å²) in [7, 11) is -3.70. The second kappa shape index (κ2) is 4.92. The predicted molar refractivity (Wildman–Crippen MR) is 71.1 cm³/mol. The zero-order chi connectivity index (χ0) is 13.5. The van der Waals surface area contributed by atoms with Crippen molar-refractivity contribution in [2.75, 3.05) is 6.54 Å². The van der Waals surface area contributed by atoms with Gasteiger partial charge in [-0.15, -0.1) is 11.3 Å². The quantitative estimate of drug-likeness (QED) is 0.901. The number of hydrogen-bond acceptors (Lipinski definition) is 4. The first-order valence-corrected chi connectivity index (χ1v) is 8.39. The van der Waals surface area contributed by atoms with Gasteiger partial charge in [-0.05, 0) is 40.4 Å². The molecule has 8 heteroatoms. The summed E-state index contributed by atoms with van der Waals surface area (Å²) >= 11 is 4.30. The maximum absolute atomic E-state index is 12.4. The maximum Gasteiger partial charge on any atom is 0.322 e. The van der Waals surface area contributed by atoms with Crippen molar-refractivity contribution < 1.29 is 18.3 Å². The molecule has 0 aliphatic carbocycles. The molecule has 0 bridgehead atoms. The van der Waals surface area contributed by atoms with E-state index >= 15 is 0 Å². The SMILES string of the molecule is CC1CCN(S(=O)(=O)c2ccc(Br)s2)C1C(=O)O. The van der Waals surface area contributed by atoms with Crippen LogP contribution in [0.5, 0.6) is 0 Å². The lowest BCUT2D eigenvalue weighted by Crippen LogP contribution is -2.42. The highest BCUT2D eigenvalue weighted by Gasteiger charge is 2.44. The summed E-state index contributed by atoms with van der Waals surface area (Å²) in [5, 5.41) is 9.16. The number of sulfonamides is 1. The highest BCUT2D eigenvalue weighted by atomic mass is 79.9. The van der Waals surface area contributed by atoms with E-state index in [2.05, 4.69) is 15.9 Å². The van der Waals surface area contributed by atoms with Crippen LogP contribution in [0.15, 0.2) is 20.1 Å². The summed E-state index contributed by atoms with van der Waals surface area (Å²) in [6.45, 7) is 2.02. The largest absolute Gasteiger partial charge is 0.480 e. The molecule has 1 N–H and O–H groups in total. The lowest BCUT2D eigenvalue weighted by Gasteiger charge is -2.21. The van der Waals surface area contributed by atoms with Crippen LogP contribution in [0.3, 0.4) is 0 Å². The molecular weight excluding hydrogens is 342 g/mol. The molecule has 0 radical (unpaired) electrons. The van der Waals surface area contributed by atoms with E-state index in [1.807, 2.05) is 0 Å². The zero-order valence-corrected chi connectivity index (χ0v) is 12.8. The summed E-state index contributed by atoms with van der Waals surface area (Å²) in [5.41, 5.74) is 0. The van der Waals surface area contributed by atoms with Gasteiger partial charge in [-0.1, -0.05) is 6.92 Å². The first-order valence-electron chi connectivity index (χ1n) is 5.34. The Morgan fingerprint density at radius 1 is 1.56 bits per heavy atom. The van der Waals surface area contributed by atoms with Gasteiger partial charge in [-0.25, -0.2) is 8.42 Å². The van der Waals surface area contributed by atoms with Crippen molar-refractivity contribution in [2.45, 2.75) is 23.6 Å². The van der Waals surface area contributed by atoms with E-state index in [9.17, 15) is 13.2 Å². The summed E-state index contributed by atoms with van der Waals surface area (Å²) in [4.78, 5) is 11.2. The molecule has 0 spiro atoms. The standard InChI is InChI=1S/C10H12BrNO4S2/c1-6-4-5-12(9(6)10(13)14)18(15,16)8-3-2-7(11)17-8/h2-3,6,9H,4-5H2,1H3,(H,13,14). The Balaban J connectivity index is 2.39. The van der Waals surface area contributed by atoms with Crippen molar-refractivity contribution in [3.05, 3.63) is 15.9 Å². The number of rotatable bonds is 3. The molecule has 2 atom stereocenters. The fraction of sp³-hybridized carbons (Fsp3) is 0.500. The van der Waals surface area contributed by atoms with Gasteiger partial charge in [0.25, 0.3) is 10.0 Å². The fourth-order valence-corrected chi connectivity index (χ4v) is 5.93. The second-order valence-corrected chi connectivity index (χ2v) is 8.80. The third kappa shape index (κ3) is 2.34. The Hall–Kier alpha value is -0.440. The number of halogens is 1. The van der Waals surface area contributed by atoms with Gasteiger partial charge in [0, 0.05) is 6.54 Å². The normalized spacial score (nSPS) is 25.4. The molecule has 2 heterocycles. The van der Waals surface area contributed by atoms with Crippen LogP contribution >= 0.6 is 27.3 Å². The zero-order valence-electron chi connectivity index (χ0n) is 9.54. The van der Waals surface area contributed by atoms with Crippen LogP contribution in [-0.2, 0) is 14.8 Å². The topological polar surface area (TPSA) is 74.7 Å². The molecule has 1 aliphatic heterocycles. The van der Waals surface area contributed by atoms with Crippen LogP contribution in [0.1, 0.15) is 13.3 Å². The molecule has 100 valence electrons. The Bertz CT molecular complexity index is 568. The van der Waals surface area contributed by atoms with Gasteiger partial charge in [-0.2, -0.15) is 4.31 Å². The molecule has 2 unspecified atom stereocenters. The Kier molecular flexibility index (Phi) is 3.82. The Morgan fingerprint density at radius 3 is 2.72 bits per heavy atom. The van der Waals surface area contributed by atoms with E-state index in [-0.39, 0.29) is 16.7 Å². The monoisotopic (exact) mass is 353 g/mol. The molecule has 1 aliphatic rings. The first-order chi connectivity index (χ1) is 8.34. The summed E-state index contributed by atoms with van der Waals surface area (Å²) in [5.74, 6) is -1.25. The minimum Gasteiger partial charge on any atom is -0.480 e. The van der Waals surface area contributed by atoms with Crippen molar-refractivity contribution in [1.82, 2.24) is 4.31 Å².